The predicted octanol–water partition coefficient (Wildman–Crippen LogP) is 2.32. The van der Waals surface area contributed by atoms with E-state index in [1.54, 1.807) is 29.2 Å². The zero-order valence-corrected chi connectivity index (χ0v) is 10.9. The molecular formula is C13H12ClN3O2. The van der Waals surface area contributed by atoms with Gasteiger partial charge in [0.05, 0.1) is 16.8 Å². The molecule has 6 heteroatoms. The van der Waals surface area contributed by atoms with E-state index in [1.807, 2.05) is 0 Å². The normalized spacial score (nSPS) is 14.3. The first-order chi connectivity index (χ1) is 9.11. The Bertz CT molecular complexity index is 565. The molecule has 5 nitrogen and oxygen atoms in total. The Labute approximate surface area is 115 Å². The molecule has 98 valence electrons. The molecule has 0 atom stereocenters. The second kappa shape index (κ2) is 5.72. The van der Waals surface area contributed by atoms with Gasteiger partial charge in [-0.15, -0.1) is 0 Å². The smallest absolute Gasteiger partial charge is 0.238 e. The molecule has 1 aliphatic rings. The van der Waals surface area contributed by atoms with E-state index < -0.39 is 5.91 Å². The van der Waals surface area contributed by atoms with E-state index in [2.05, 4.69) is 5.32 Å². The highest BCUT2D eigenvalue weighted by atomic mass is 35.5. The number of anilines is 2. The standard InChI is InChI=1S/C13H12ClN3O2/c14-10-4-3-9(17-7-1-2-13(17)19)8-11(10)16-12(18)5-6-15/h3-4,8H,1-2,5,7H2,(H,16,18). The van der Waals surface area contributed by atoms with Crippen LogP contribution in [0.3, 0.4) is 0 Å². The van der Waals surface area contributed by atoms with Crippen LogP contribution < -0.4 is 10.2 Å². The van der Waals surface area contributed by atoms with Crippen LogP contribution in [0.1, 0.15) is 19.3 Å². The van der Waals surface area contributed by atoms with Crippen molar-refractivity contribution in [1.82, 2.24) is 0 Å². The molecule has 2 rings (SSSR count). The molecular weight excluding hydrogens is 266 g/mol. The van der Waals surface area contributed by atoms with Crippen LogP contribution in [0.5, 0.6) is 0 Å². The Morgan fingerprint density at radius 2 is 2.32 bits per heavy atom. The SMILES string of the molecule is N#CCC(=O)Nc1cc(N2CCCC2=O)ccc1Cl. The van der Waals surface area contributed by atoms with Gasteiger partial charge in [0.2, 0.25) is 11.8 Å². The number of nitriles is 1. The van der Waals surface area contributed by atoms with Crippen molar-refractivity contribution in [1.29, 1.82) is 5.26 Å². The number of carbonyl (C=O) groups is 2. The van der Waals surface area contributed by atoms with E-state index in [-0.39, 0.29) is 12.3 Å². The van der Waals surface area contributed by atoms with E-state index in [1.165, 1.54) is 0 Å². The van der Waals surface area contributed by atoms with Gasteiger partial charge in [0, 0.05) is 18.7 Å². The summed E-state index contributed by atoms with van der Waals surface area (Å²) < 4.78 is 0. The zero-order chi connectivity index (χ0) is 13.8. The summed E-state index contributed by atoms with van der Waals surface area (Å²) in [6, 6.07) is 6.79. The van der Waals surface area contributed by atoms with Crippen molar-refractivity contribution < 1.29 is 9.59 Å². The summed E-state index contributed by atoms with van der Waals surface area (Å²) in [5, 5.41) is 11.4. The number of hydrogen-bond acceptors (Lipinski definition) is 3. The fourth-order valence-corrected chi connectivity index (χ4v) is 2.13. The minimum absolute atomic E-state index is 0.0663. The van der Waals surface area contributed by atoms with Crippen molar-refractivity contribution >= 4 is 34.8 Å². The average Bonchev–Trinajstić information content (AvgIpc) is 2.79. The molecule has 0 radical (unpaired) electrons. The van der Waals surface area contributed by atoms with Crippen molar-refractivity contribution in [3.8, 4) is 6.07 Å². The molecule has 0 bridgehead atoms. The first kappa shape index (κ1) is 13.4. The monoisotopic (exact) mass is 277 g/mol. The van der Waals surface area contributed by atoms with Gasteiger partial charge in [-0.05, 0) is 24.6 Å². The van der Waals surface area contributed by atoms with E-state index in [0.29, 0.717) is 29.4 Å². The van der Waals surface area contributed by atoms with E-state index in [4.69, 9.17) is 16.9 Å². The van der Waals surface area contributed by atoms with Crippen LogP contribution in [-0.4, -0.2) is 18.4 Å². The van der Waals surface area contributed by atoms with Gasteiger partial charge in [0.25, 0.3) is 0 Å². The molecule has 0 saturated carbocycles. The molecule has 0 aliphatic carbocycles. The molecule has 0 aromatic heterocycles. The molecule has 1 aromatic carbocycles. The maximum atomic E-state index is 11.7. The van der Waals surface area contributed by atoms with Crippen molar-refractivity contribution in [2.24, 2.45) is 0 Å². The lowest BCUT2D eigenvalue weighted by molar-refractivity contribution is -0.117. The molecule has 1 fully saturated rings. The Morgan fingerprint density at radius 1 is 1.53 bits per heavy atom. The topological polar surface area (TPSA) is 73.2 Å². The van der Waals surface area contributed by atoms with Crippen molar-refractivity contribution in [2.45, 2.75) is 19.3 Å². The van der Waals surface area contributed by atoms with E-state index in [9.17, 15) is 9.59 Å². The lowest BCUT2D eigenvalue weighted by Gasteiger charge is -2.17. The lowest BCUT2D eigenvalue weighted by atomic mass is 10.2. The van der Waals surface area contributed by atoms with E-state index >= 15 is 0 Å². The van der Waals surface area contributed by atoms with E-state index in [0.717, 1.165) is 6.42 Å². The van der Waals surface area contributed by atoms with Crippen LogP contribution in [0.2, 0.25) is 5.02 Å². The highest BCUT2D eigenvalue weighted by Crippen LogP contribution is 2.29. The van der Waals surface area contributed by atoms with Gasteiger partial charge in [-0.2, -0.15) is 5.26 Å². The number of amides is 2. The molecule has 19 heavy (non-hydrogen) atoms. The third-order valence-electron chi connectivity index (χ3n) is 2.85. The average molecular weight is 278 g/mol. The van der Waals surface area contributed by atoms with Gasteiger partial charge < -0.3 is 10.2 Å². The summed E-state index contributed by atoms with van der Waals surface area (Å²) in [6.45, 7) is 0.673. The predicted molar refractivity (Wildman–Crippen MR) is 71.9 cm³/mol. The first-order valence-corrected chi connectivity index (χ1v) is 6.26. The maximum Gasteiger partial charge on any atom is 0.238 e. The summed E-state index contributed by atoms with van der Waals surface area (Å²) in [5.41, 5.74) is 1.12. The number of rotatable bonds is 3. The van der Waals surface area contributed by atoms with Gasteiger partial charge in [0.15, 0.2) is 0 Å². The van der Waals surface area contributed by atoms with Gasteiger partial charge in [0.1, 0.15) is 6.42 Å². The van der Waals surface area contributed by atoms with Crippen molar-refractivity contribution in [3.63, 3.8) is 0 Å². The molecule has 1 saturated heterocycles. The summed E-state index contributed by atoms with van der Waals surface area (Å²) >= 11 is 5.98. The fraction of sp³-hybridized carbons (Fsp3) is 0.308. The maximum absolute atomic E-state index is 11.7. The highest BCUT2D eigenvalue weighted by molar-refractivity contribution is 6.33. The summed E-state index contributed by atoms with van der Waals surface area (Å²) in [4.78, 5) is 24.7. The van der Waals surface area contributed by atoms with Gasteiger partial charge in [-0.3, -0.25) is 9.59 Å². The van der Waals surface area contributed by atoms with Crippen LogP contribution in [-0.2, 0) is 9.59 Å². The molecule has 2 amide bonds. The molecule has 1 heterocycles. The molecule has 0 unspecified atom stereocenters. The summed E-state index contributed by atoms with van der Waals surface area (Å²) in [5.74, 6) is -0.356. The van der Waals surface area contributed by atoms with Crippen molar-refractivity contribution in [2.75, 3.05) is 16.8 Å². The molecule has 1 aromatic rings. The largest absolute Gasteiger partial charge is 0.324 e. The second-order valence-corrected chi connectivity index (χ2v) is 4.60. The Morgan fingerprint density at radius 3 is 2.95 bits per heavy atom. The van der Waals surface area contributed by atoms with Crippen molar-refractivity contribution in [3.05, 3.63) is 23.2 Å². The van der Waals surface area contributed by atoms with Crippen LogP contribution >= 0.6 is 11.6 Å². The second-order valence-electron chi connectivity index (χ2n) is 4.20. The van der Waals surface area contributed by atoms with Gasteiger partial charge >= 0.3 is 0 Å². The summed E-state index contributed by atoms with van der Waals surface area (Å²) in [6.07, 6.45) is 1.14. The van der Waals surface area contributed by atoms with Gasteiger partial charge in [-0.1, -0.05) is 11.6 Å². The fourth-order valence-electron chi connectivity index (χ4n) is 1.96. The molecule has 0 spiro atoms. The number of halogens is 1. The Balaban J connectivity index is 2.22. The molecule has 1 N–H and O–H groups in total. The number of nitrogens with zero attached hydrogens (tertiary/aromatic N) is 2. The third kappa shape index (κ3) is 3.04. The highest BCUT2D eigenvalue weighted by Gasteiger charge is 2.22. The van der Waals surface area contributed by atoms with Crippen LogP contribution in [0.15, 0.2) is 18.2 Å². The van der Waals surface area contributed by atoms with Crippen LogP contribution in [0.4, 0.5) is 11.4 Å². The molecule has 1 aliphatic heterocycles. The number of hydrogen-bond donors (Lipinski definition) is 1. The van der Waals surface area contributed by atoms with Crippen LogP contribution in [0, 0.1) is 11.3 Å². The van der Waals surface area contributed by atoms with Crippen LogP contribution in [0.25, 0.3) is 0 Å². The minimum atomic E-state index is -0.422. The summed E-state index contributed by atoms with van der Waals surface area (Å²) in [7, 11) is 0. The third-order valence-corrected chi connectivity index (χ3v) is 3.18. The Hall–Kier alpha value is -2.06. The minimum Gasteiger partial charge on any atom is -0.324 e. The first-order valence-electron chi connectivity index (χ1n) is 5.88. The van der Waals surface area contributed by atoms with Gasteiger partial charge in [-0.25, -0.2) is 0 Å². The Kier molecular flexibility index (Phi) is 4.03. The quantitative estimate of drug-likeness (QED) is 0.921. The lowest BCUT2D eigenvalue weighted by Crippen LogP contribution is -2.23. The number of benzene rings is 1. The zero-order valence-electron chi connectivity index (χ0n) is 10.1. The number of carbonyl (C=O) groups excluding carboxylic acids is 2. The number of nitrogens with one attached hydrogen (secondary N) is 1.